The molecule has 8 N–H and O–H groups in total. The van der Waals surface area contributed by atoms with E-state index in [0.717, 1.165) is 0 Å². The quantitative estimate of drug-likeness (QED) is 0.130. The number of thioether (sulfide) groups is 1. The van der Waals surface area contributed by atoms with Gasteiger partial charge in [0.15, 0.2) is 34.9 Å². The van der Waals surface area contributed by atoms with Gasteiger partial charge in [0, 0.05) is 5.75 Å². The van der Waals surface area contributed by atoms with Crippen LogP contribution in [0.4, 0.5) is 11.6 Å². The van der Waals surface area contributed by atoms with Crippen molar-refractivity contribution in [3.8, 4) is 0 Å². The smallest absolute Gasteiger partial charge is 0.167 e. The van der Waals surface area contributed by atoms with Crippen molar-refractivity contribution < 1.29 is 29.9 Å². The van der Waals surface area contributed by atoms with Gasteiger partial charge in [-0.2, -0.15) is 24.4 Å². The second-order valence-electron chi connectivity index (χ2n) is 9.46. The zero-order chi connectivity index (χ0) is 28.8. The Balaban J connectivity index is 0.000000161. The minimum Gasteiger partial charge on any atom is -0.394 e. The van der Waals surface area contributed by atoms with Crippen molar-refractivity contribution in [1.29, 1.82) is 0 Å². The first kappa shape index (κ1) is 28.7. The van der Waals surface area contributed by atoms with Gasteiger partial charge >= 0.3 is 0 Å². The zero-order valence-corrected chi connectivity index (χ0v) is 23.2. The van der Waals surface area contributed by atoms with Crippen LogP contribution in [0.3, 0.4) is 0 Å². The highest BCUT2D eigenvalue weighted by Gasteiger charge is 2.52. The normalized spacial score (nSPS) is 32.0. The Kier molecular flexibility index (Phi) is 8.03. The number of nitrogen functional groups attached to an aromatic ring is 2. The summed E-state index contributed by atoms with van der Waals surface area (Å²) >= 11 is 5.95. The zero-order valence-electron chi connectivity index (χ0n) is 21.5. The molecule has 0 aliphatic carbocycles. The van der Waals surface area contributed by atoms with Crippen molar-refractivity contribution in [3.63, 3.8) is 0 Å². The van der Waals surface area contributed by atoms with Crippen molar-refractivity contribution in [3.05, 3.63) is 25.3 Å². The number of hydrogen-bond donors (Lipinski definition) is 7. The number of thiol groups is 1. The standard InChI is InChI=1S/2C11H15N5O3S/c1-20-2-5-7(17)8(18)11(19-5)16-4-15-6-9(12)13-3-14-10(6)16;1-11(8(20)7(18)5(2-17)19-11)16-4-15-6-9(12)13-3-14-10(6)16/h3-5,7-8,11,17-18H,2H2,1H3,(H2,12,13,14);3-5,7-8,17-18,20H,2H2,1H3,(H2,12,13,14)/t2*5-,7-,8-,11-/m11/s1. The number of aliphatic hydroxyl groups is 4. The monoisotopic (exact) mass is 594 g/mol. The Morgan fingerprint density at radius 3 is 2.17 bits per heavy atom. The summed E-state index contributed by atoms with van der Waals surface area (Å²) in [5.74, 6) is 1.13. The Bertz CT molecular complexity index is 1490. The van der Waals surface area contributed by atoms with Gasteiger partial charge in [-0.15, -0.1) is 0 Å². The van der Waals surface area contributed by atoms with Crippen LogP contribution in [-0.4, -0.2) is 114 Å². The summed E-state index contributed by atoms with van der Waals surface area (Å²) in [4.78, 5) is 24.3. The van der Waals surface area contributed by atoms with Gasteiger partial charge in [-0.1, -0.05) is 0 Å². The predicted octanol–water partition coefficient (Wildman–Crippen LogP) is -1.48. The topological polar surface area (TPSA) is 239 Å². The van der Waals surface area contributed by atoms with E-state index in [-0.39, 0.29) is 18.2 Å². The summed E-state index contributed by atoms with van der Waals surface area (Å²) in [5.41, 5.74) is 12.3. The van der Waals surface area contributed by atoms with Gasteiger partial charge < -0.3 is 41.4 Å². The number of aromatic nitrogens is 8. The van der Waals surface area contributed by atoms with E-state index < -0.39 is 47.7 Å². The van der Waals surface area contributed by atoms with Crippen molar-refractivity contribution in [2.24, 2.45) is 0 Å². The maximum Gasteiger partial charge on any atom is 0.167 e. The van der Waals surface area contributed by atoms with Crippen LogP contribution in [0.25, 0.3) is 22.3 Å². The minimum absolute atomic E-state index is 0.266. The second kappa shape index (κ2) is 11.2. The number of imidazole rings is 2. The fourth-order valence-corrected chi connectivity index (χ4v) is 5.79. The number of aliphatic hydroxyl groups excluding tert-OH is 4. The van der Waals surface area contributed by atoms with Crippen LogP contribution < -0.4 is 11.5 Å². The first-order valence-corrected chi connectivity index (χ1v) is 14.1. The van der Waals surface area contributed by atoms with Crippen molar-refractivity contribution >= 4 is 58.4 Å². The first-order valence-electron chi connectivity index (χ1n) is 12.1. The predicted molar refractivity (Wildman–Crippen MR) is 148 cm³/mol. The lowest BCUT2D eigenvalue weighted by molar-refractivity contribution is -0.102. The lowest BCUT2D eigenvalue weighted by Gasteiger charge is -2.29. The molecule has 0 radical (unpaired) electrons. The van der Waals surface area contributed by atoms with E-state index in [1.54, 1.807) is 27.8 Å². The molecule has 0 aromatic carbocycles. The summed E-state index contributed by atoms with van der Waals surface area (Å²) in [6.07, 6.45) is 2.82. The minimum atomic E-state index is -1.04. The molecule has 0 spiro atoms. The van der Waals surface area contributed by atoms with E-state index in [1.807, 2.05) is 6.26 Å². The van der Waals surface area contributed by atoms with Crippen LogP contribution in [-0.2, 0) is 15.2 Å². The van der Waals surface area contributed by atoms with Gasteiger partial charge in [0.1, 0.15) is 42.0 Å². The number of hydrogen-bond acceptors (Lipinski definition) is 16. The molecule has 6 heterocycles. The third-order valence-electron chi connectivity index (χ3n) is 6.99. The molecule has 2 saturated heterocycles. The maximum atomic E-state index is 10.1. The number of rotatable bonds is 5. The molecule has 8 atom stereocenters. The Hall–Kier alpha value is -2.84. The molecule has 0 amide bonds. The van der Waals surface area contributed by atoms with Crippen LogP contribution in [0.15, 0.2) is 25.3 Å². The Labute approximate surface area is 237 Å². The molecule has 40 heavy (non-hydrogen) atoms. The SMILES string of the molecule is CSC[C@H]1O[C@@H](n2cnc3c(N)ncnc32)[C@H](O)[C@@H]1O.C[C@@]1(n2cnc3c(N)ncnc32)O[C@H](CO)[C@@H](O)[C@H]1S. The molecule has 0 unspecified atom stereocenters. The van der Waals surface area contributed by atoms with E-state index in [0.29, 0.717) is 28.1 Å². The highest BCUT2D eigenvalue weighted by atomic mass is 32.2. The molecule has 2 fully saturated rings. The second-order valence-corrected chi connectivity index (χ2v) is 10.9. The van der Waals surface area contributed by atoms with Crippen LogP contribution in [0.5, 0.6) is 0 Å². The average molecular weight is 595 g/mol. The maximum absolute atomic E-state index is 10.1. The van der Waals surface area contributed by atoms with Crippen LogP contribution >= 0.6 is 24.4 Å². The highest BCUT2D eigenvalue weighted by Crippen LogP contribution is 2.40. The van der Waals surface area contributed by atoms with E-state index in [2.05, 4.69) is 42.5 Å². The van der Waals surface area contributed by atoms with E-state index in [4.69, 9.17) is 20.9 Å². The molecule has 2 aliphatic rings. The number of nitrogens with two attached hydrogens (primary N) is 2. The molecule has 6 rings (SSSR count). The van der Waals surface area contributed by atoms with Crippen LogP contribution in [0.1, 0.15) is 13.2 Å². The fraction of sp³-hybridized carbons (Fsp3) is 0.545. The molecule has 2 aliphatic heterocycles. The average Bonchev–Trinajstić information content (AvgIpc) is 3.69. The third kappa shape index (κ3) is 4.73. The van der Waals surface area contributed by atoms with Crippen molar-refractivity contribution in [2.75, 3.05) is 30.1 Å². The summed E-state index contributed by atoms with van der Waals surface area (Å²) in [6, 6.07) is 0. The number of fused-ring (bicyclic) bond motifs is 2. The number of ether oxygens (including phenoxy) is 2. The Morgan fingerprint density at radius 2 is 1.55 bits per heavy atom. The molecule has 0 saturated carbocycles. The van der Waals surface area contributed by atoms with Gasteiger partial charge in [0.05, 0.1) is 36.7 Å². The molecule has 18 heteroatoms. The van der Waals surface area contributed by atoms with E-state index in [9.17, 15) is 20.4 Å². The summed E-state index contributed by atoms with van der Waals surface area (Å²) in [7, 11) is 0. The van der Waals surface area contributed by atoms with Crippen molar-refractivity contribution in [1.82, 2.24) is 39.0 Å². The molecule has 216 valence electrons. The lowest BCUT2D eigenvalue weighted by Crippen LogP contribution is -2.39. The molecule has 4 aromatic rings. The molecule has 4 aromatic heterocycles. The Morgan fingerprint density at radius 1 is 0.925 bits per heavy atom. The van der Waals surface area contributed by atoms with E-state index >= 15 is 0 Å². The van der Waals surface area contributed by atoms with Crippen LogP contribution in [0, 0.1) is 0 Å². The number of anilines is 2. The van der Waals surface area contributed by atoms with Crippen molar-refractivity contribution in [2.45, 2.75) is 54.6 Å². The molecule has 16 nitrogen and oxygen atoms in total. The van der Waals surface area contributed by atoms with Gasteiger partial charge in [0.2, 0.25) is 0 Å². The summed E-state index contributed by atoms with van der Waals surface area (Å²) < 4.78 is 14.7. The van der Waals surface area contributed by atoms with Crippen LogP contribution in [0.2, 0.25) is 0 Å². The summed E-state index contributed by atoms with van der Waals surface area (Å²) in [5, 5.41) is 38.9. The highest BCUT2D eigenvalue weighted by molar-refractivity contribution is 7.98. The molecular formula is C22H30N10O6S2. The molecular weight excluding hydrogens is 564 g/mol. The number of nitrogens with zero attached hydrogens (tertiary/aromatic N) is 8. The summed E-state index contributed by atoms with van der Waals surface area (Å²) in [6.45, 7) is 1.46. The lowest BCUT2D eigenvalue weighted by atomic mass is 10.1. The fourth-order valence-electron chi connectivity index (χ4n) is 4.81. The van der Waals surface area contributed by atoms with Gasteiger partial charge in [-0.25, -0.2) is 29.9 Å². The molecule has 0 bridgehead atoms. The largest absolute Gasteiger partial charge is 0.394 e. The van der Waals surface area contributed by atoms with E-state index in [1.165, 1.54) is 25.3 Å². The van der Waals surface area contributed by atoms with Gasteiger partial charge in [-0.3, -0.25) is 9.13 Å². The third-order valence-corrected chi connectivity index (χ3v) is 8.44. The van der Waals surface area contributed by atoms with Gasteiger partial charge in [0.25, 0.3) is 0 Å². The van der Waals surface area contributed by atoms with Gasteiger partial charge in [-0.05, 0) is 13.2 Å². The first-order chi connectivity index (χ1) is 19.1.